The summed E-state index contributed by atoms with van der Waals surface area (Å²) in [5.41, 5.74) is 8.24. The molecule has 1 rings (SSSR count). The van der Waals surface area contributed by atoms with Gasteiger partial charge in [-0.25, -0.2) is 0 Å². The van der Waals surface area contributed by atoms with Crippen LogP contribution < -0.4 is 10.6 Å². The van der Waals surface area contributed by atoms with Crippen LogP contribution in [0.2, 0.25) is 5.02 Å². The van der Waals surface area contributed by atoms with Gasteiger partial charge >= 0.3 is 0 Å². The van der Waals surface area contributed by atoms with Gasteiger partial charge in [-0.1, -0.05) is 44.4 Å². The second-order valence-corrected chi connectivity index (χ2v) is 6.06. The fourth-order valence-corrected chi connectivity index (χ4v) is 2.57. The highest BCUT2D eigenvalue weighted by atomic mass is 35.5. The molecule has 1 unspecified atom stereocenters. The highest BCUT2D eigenvalue weighted by molar-refractivity contribution is 6.31. The average Bonchev–Trinajstić information content (AvgIpc) is 2.41. The molecule has 0 saturated heterocycles. The van der Waals surface area contributed by atoms with Crippen molar-refractivity contribution < 1.29 is 0 Å². The molecule has 1 aromatic carbocycles. The van der Waals surface area contributed by atoms with Crippen molar-refractivity contribution in [3.05, 3.63) is 28.8 Å². The normalized spacial score (nSPS) is 12.4. The first-order valence-corrected chi connectivity index (χ1v) is 8.25. The number of anilines is 1. The van der Waals surface area contributed by atoms with Crippen LogP contribution in [0.25, 0.3) is 0 Å². The summed E-state index contributed by atoms with van der Waals surface area (Å²) >= 11 is 6.40. The first kappa shape index (κ1) is 17.3. The minimum atomic E-state index is 0.148. The van der Waals surface area contributed by atoms with Crippen molar-refractivity contribution in [2.45, 2.75) is 58.9 Å². The number of halogens is 1. The smallest absolute Gasteiger partial charge is 0.0459 e. The van der Waals surface area contributed by atoms with Crippen LogP contribution in [0.1, 0.15) is 52.0 Å². The first-order chi connectivity index (χ1) is 9.58. The van der Waals surface area contributed by atoms with E-state index in [0.29, 0.717) is 0 Å². The predicted molar refractivity (Wildman–Crippen MR) is 90.8 cm³/mol. The van der Waals surface area contributed by atoms with E-state index >= 15 is 0 Å². The Kier molecular flexibility index (Phi) is 8.01. The van der Waals surface area contributed by atoms with Crippen molar-refractivity contribution in [1.82, 2.24) is 0 Å². The van der Waals surface area contributed by atoms with Crippen LogP contribution in [-0.2, 0) is 6.42 Å². The molecule has 2 N–H and O–H groups in total. The number of benzene rings is 1. The molecule has 1 aromatic rings. The van der Waals surface area contributed by atoms with Gasteiger partial charge in [-0.15, -0.1) is 0 Å². The Bertz CT molecular complexity index is 383. The first-order valence-electron chi connectivity index (χ1n) is 7.87. The van der Waals surface area contributed by atoms with Crippen molar-refractivity contribution in [3.63, 3.8) is 0 Å². The van der Waals surface area contributed by atoms with Gasteiger partial charge in [0.05, 0.1) is 0 Å². The molecule has 0 heterocycles. The summed E-state index contributed by atoms with van der Waals surface area (Å²) in [6.45, 7) is 8.70. The fraction of sp³-hybridized carbons (Fsp3) is 0.647. The predicted octanol–water partition coefficient (Wildman–Crippen LogP) is 4.64. The standard InChI is InChI=1S/C17H29ClN2/c1-4-6-10-20(11-7-5-2)16-9-8-15(12-14(3)19)17(18)13-16/h8-9,13-14H,4-7,10-12,19H2,1-3H3. The second kappa shape index (κ2) is 9.25. The third-order valence-electron chi connectivity index (χ3n) is 3.51. The molecule has 2 nitrogen and oxygen atoms in total. The topological polar surface area (TPSA) is 29.3 Å². The zero-order valence-corrected chi connectivity index (χ0v) is 13.9. The van der Waals surface area contributed by atoms with Crippen LogP contribution >= 0.6 is 11.6 Å². The molecule has 114 valence electrons. The maximum atomic E-state index is 6.40. The monoisotopic (exact) mass is 296 g/mol. The molecule has 0 fully saturated rings. The molecule has 3 heteroatoms. The lowest BCUT2D eigenvalue weighted by Crippen LogP contribution is -2.25. The second-order valence-electron chi connectivity index (χ2n) is 5.65. The summed E-state index contributed by atoms with van der Waals surface area (Å²) in [6.07, 6.45) is 5.73. The minimum Gasteiger partial charge on any atom is -0.371 e. The lowest BCUT2D eigenvalue weighted by molar-refractivity contribution is 0.677. The molecule has 20 heavy (non-hydrogen) atoms. The van der Waals surface area contributed by atoms with Crippen LogP contribution in [0.5, 0.6) is 0 Å². The Hall–Kier alpha value is -0.730. The number of hydrogen-bond donors (Lipinski definition) is 1. The highest BCUT2D eigenvalue weighted by Crippen LogP contribution is 2.25. The van der Waals surface area contributed by atoms with E-state index in [-0.39, 0.29) is 6.04 Å². The van der Waals surface area contributed by atoms with Gasteiger partial charge in [0.1, 0.15) is 0 Å². The molecule has 0 spiro atoms. The minimum absolute atomic E-state index is 0.148. The fourth-order valence-electron chi connectivity index (χ4n) is 2.31. The van der Waals surface area contributed by atoms with Crippen molar-refractivity contribution in [3.8, 4) is 0 Å². The largest absolute Gasteiger partial charge is 0.371 e. The van der Waals surface area contributed by atoms with Crippen molar-refractivity contribution >= 4 is 17.3 Å². The summed E-state index contributed by atoms with van der Waals surface area (Å²) in [5.74, 6) is 0. The van der Waals surface area contributed by atoms with E-state index in [4.69, 9.17) is 17.3 Å². The lowest BCUT2D eigenvalue weighted by atomic mass is 10.1. The zero-order chi connectivity index (χ0) is 15.0. The van der Waals surface area contributed by atoms with Gasteiger partial charge < -0.3 is 10.6 Å². The van der Waals surface area contributed by atoms with Crippen molar-refractivity contribution in [2.75, 3.05) is 18.0 Å². The van der Waals surface area contributed by atoms with Crippen LogP contribution in [0.4, 0.5) is 5.69 Å². The molecular weight excluding hydrogens is 268 g/mol. The molecule has 0 radical (unpaired) electrons. The Morgan fingerprint density at radius 1 is 1.15 bits per heavy atom. The van der Waals surface area contributed by atoms with E-state index in [1.165, 1.54) is 31.4 Å². The zero-order valence-electron chi connectivity index (χ0n) is 13.2. The van der Waals surface area contributed by atoms with Crippen LogP contribution in [-0.4, -0.2) is 19.1 Å². The van der Waals surface area contributed by atoms with Gasteiger partial charge in [0.2, 0.25) is 0 Å². The molecule has 0 aliphatic carbocycles. The van der Waals surface area contributed by atoms with Crippen molar-refractivity contribution in [2.24, 2.45) is 5.73 Å². The highest BCUT2D eigenvalue weighted by Gasteiger charge is 2.09. The number of unbranched alkanes of at least 4 members (excludes halogenated alkanes) is 2. The SMILES string of the molecule is CCCCN(CCCC)c1ccc(CC(C)N)c(Cl)c1. The number of hydrogen-bond acceptors (Lipinski definition) is 2. The maximum absolute atomic E-state index is 6.40. The van der Waals surface area contributed by atoms with Gasteiger partial charge in [0.15, 0.2) is 0 Å². The number of nitrogens with two attached hydrogens (primary N) is 1. The van der Waals surface area contributed by atoms with Crippen molar-refractivity contribution in [1.29, 1.82) is 0 Å². The third kappa shape index (κ3) is 5.72. The summed E-state index contributed by atoms with van der Waals surface area (Å²) in [4.78, 5) is 2.45. The quantitative estimate of drug-likeness (QED) is 0.719. The van der Waals surface area contributed by atoms with E-state index in [9.17, 15) is 0 Å². The Morgan fingerprint density at radius 2 is 1.75 bits per heavy atom. The number of nitrogens with zero attached hydrogens (tertiary/aromatic N) is 1. The van der Waals surface area contributed by atoms with E-state index in [1.807, 2.05) is 6.92 Å². The summed E-state index contributed by atoms with van der Waals surface area (Å²) in [7, 11) is 0. The Morgan fingerprint density at radius 3 is 2.20 bits per heavy atom. The molecule has 0 bridgehead atoms. The lowest BCUT2D eigenvalue weighted by Gasteiger charge is -2.25. The van der Waals surface area contributed by atoms with Gasteiger partial charge in [-0.3, -0.25) is 0 Å². The van der Waals surface area contributed by atoms with Gasteiger partial charge in [0, 0.05) is 29.8 Å². The van der Waals surface area contributed by atoms with E-state index in [1.54, 1.807) is 0 Å². The van der Waals surface area contributed by atoms with Crippen LogP contribution in [0.3, 0.4) is 0 Å². The molecule has 1 atom stereocenters. The number of rotatable bonds is 9. The molecular formula is C17H29ClN2. The average molecular weight is 297 g/mol. The maximum Gasteiger partial charge on any atom is 0.0459 e. The molecule has 0 aromatic heterocycles. The molecule has 0 amide bonds. The van der Waals surface area contributed by atoms with E-state index < -0.39 is 0 Å². The Labute approximate surface area is 129 Å². The van der Waals surface area contributed by atoms with E-state index in [0.717, 1.165) is 30.1 Å². The summed E-state index contributed by atoms with van der Waals surface area (Å²) < 4.78 is 0. The molecule has 0 aliphatic rings. The van der Waals surface area contributed by atoms with E-state index in [2.05, 4.69) is 36.9 Å². The Balaban J connectivity index is 2.81. The summed E-state index contributed by atoms with van der Waals surface area (Å²) in [5, 5.41) is 0.845. The van der Waals surface area contributed by atoms with Gasteiger partial charge in [0.25, 0.3) is 0 Å². The summed E-state index contributed by atoms with van der Waals surface area (Å²) in [6, 6.07) is 6.57. The molecule has 0 saturated carbocycles. The third-order valence-corrected chi connectivity index (χ3v) is 3.86. The van der Waals surface area contributed by atoms with Gasteiger partial charge in [-0.2, -0.15) is 0 Å². The molecule has 0 aliphatic heterocycles. The van der Waals surface area contributed by atoms with Crippen LogP contribution in [0.15, 0.2) is 18.2 Å². The van der Waals surface area contributed by atoms with Gasteiger partial charge in [-0.05, 0) is 43.9 Å². The van der Waals surface area contributed by atoms with Crippen LogP contribution in [0, 0.1) is 0 Å².